The number of nitrogens with two attached hydrogens (primary N) is 1. The van der Waals surface area contributed by atoms with Gasteiger partial charge in [0, 0.05) is 32.9 Å². The molecule has 5 heteroatoms. The van der Waals surface area contributed by atoms with Crippen LogP contribution in [0.25, 0.3) is 0 Å². The van der Waals surface area contributed by atoms with Gasteiger partial charge < -0.3 is 5.73 Å². The summed E-state index contributed by atoms with van der Waals surface area (Å²) in [5.41, 5.74) is 6.48. The fourth-order valence-electron chi connectivity index (χ4n) is 1.49. The number of thioether (sulfide) groups is 1. The average molecular weight is 327 g/mol. The van der Waals surface area contributed by atoms with Crippen LogP contribution in [0.3, 0.4) is 0 Å². The number of hydrogen-bond donors (Lipinski definition) is 1. The lowest BCUT2D eigenvalue weighted by molar-refractivity contribution is 0.589. The average Bonchev–Trinajstić information content (AvgIpc) is 2.38. The minimum absolute atomic E-state index is 0.332. The summed E-state index contributed by atoms with van der Waals surface area (Å²) in [4.78, 5) is 4.83. The Kier molecular flexibility index (Phi) is 4.74. The minimum Gasteiger partial charge on any atom is -0.323 e. The van der Waals surface area contributed by atoms with Crippen molar-refractivity contribution >= 4 is 27.7 Å². The van der Waals surface area contributed by atoms with E-state index in [-0.39, 0.29) is 11.9 Å². The first-order valence-corrected chi connectivity index (χ1v) is 7.18. The van der Waals surface area contributed by atoms with E-state index in [1.54, 1.807) is 24.0 Å². The van der Waals surface area contributed by atoms with Crippen molar-refractivity contribution in [2.45, 2.75) is 10.9 Å². The molecule has 2 N–H and O–H groups in total. The van der Waals surface area contributed by atoms with Gasteiger partial charge in [-0.05, 0) is 30.3 Å². The van der Waals surface area contributed by atoms with E-state index in [0.717, 1.165) is 9.37 Å². The van der Waals surface area contributed by atoms with Crippen molar-refractivity contribution in [1.82, 2.24) is 4.98 Å². The molecule has 0 aliphatic rings. The van der Waals surface area contributed by atoms with E-state index in [9.17, 15) is 4.39 Å². The molecule has 1 aromatic heterocycles. The highest BCUT2D eigenvalue weighted by atomic mass is 79.9. The maximum atomic E-state index is 13.5. The molecule has 0 aliphatic heterocycles. The minimum atomic E-state index is -0.346. The summed E-state index contributed by atoms with van der Waals surface area (Å²) in [5.74, 6) is 0.282. The number of rotatable bonds is 4. The lowest BCUT2D eigenvalue weighted by Gasteiger charge is -2.12. The van der Waals surface area contributed by atoms with Crippen molar-refractivity contribution in [2.75, 3.05) is 5.75 Å². The van der Waals surface area contributed by atoms with Crippen LogP contribution in [-0.4, -0.2) is 10.7 Å². The van der Waals surface area contributed by atoms with Crippen molar-refractivity contribution in [3.05, 3.63) is 58.6 Å². The molecule has 2 aromatic rings. The Labute approximate surface area is 118 Å². The molecule has 1 atom stereocenters. The van der Waals surface area contributed by atoms with Gasteiger partial charge >= 0.3 is 0 Å². The molecular weight excluding hydrogens is 315 g/mol. The van der Waals surface area contributed by atoms with Crippen molar-refractivity contribution in [1.29, 1.82) is 0 Å². The first kappa shape index (κ1) is 13.5. The van der Waals surface area contributed by atoms with Crippen molar-refractivity contribution < 1.29 is 4.39 Å². The summed E-state index contributed by atoms with van der Waals surface area (Å²) in [6.07, 6.45) is 2.75. The van der Waals surface area contributed by atoms with Crippen LogP contribution in [-0.2, 0) is 0 Å². The summed E-state index contributed by atoms with van der Waals surface area (Å²) in [6.45, 7) is 0. The first-order valence-electron chi connectivity index (χ1n) is 5.40. The SMILES string of the molecule is NC(CSc1ccc(Br)cc1)c1ccncc1F. The Morgan fingerprint density at radius 2 is 2.00 bits per heavy atom. The predicted octanol–water partition coefficient (Wildman–Crippen LogP) is 3.78. The quantitative estimate of drug-likeness (QED) is 0.869. The van der Waals surface area contributed by atoms with Crippen molar-refractivity contribution in [3.8, 4) is 0 Å². The van der Waals surface area contributed by atoms with Crippen LogP contribution >= 0.6 is 27.7 Å². The summed E-state index contributed by atoms with van der Waals surface area (Å²) in [7, 11) is 0. The second-order valence-electron chi connectivity index (χ2n) is 3.77. The van der Waals surface area contributed by atoms with Gasteiger partial charge in [0.2, 0.25) is 0 Å². The Morgan fingerprint density at radius 3 is 2.67 bits per heavy atom. The molecule has 0 spiro atoms. The highest BCUT2D eigenvalue weighted by molar-refractivity contribution is 9.10. The Hall–Kier alpha value is -0.910. The van der Waals surface area contributed by atoms with E-state index < -0.39 is 0 Å². The fraction of sp³-hybridized carbons (Fsp3) is 0.154. The van der Waals surface area contributed by atoms with E-state index in [0.29, 0.717) is 11.3 Å². The van der Waals surface area contributed by atoms with Crippen LogP contribution in [0.15, 0.2) is 52.1 Å². The summed E-state index contributed by atoms with van der Waals surface area (Å²) < 4.78 is 14.5. The maximum Gasteiger partial charge on any atom is 0.146 e. The topological polar surface area (TPSA) is 38.9 Å². The fourth-order valence-corrected chi connectivity index (χ4v) is 2.64. The summed E-state index contributed by atoms with van der Waals surface area (Å²) in [6, 6.07) is 9.25. The van der Waals surface area contributed by atoms with Gasteiger partial charge in [0.1, 0.15) is 5.82 Å². The zero-order chi connectivity index (χ0) is 13.0. The normalized spacial score (nSPS) is 12.4. The molecule has 1 unspecified atom stereocenters. The number of pyridine rings is 1. The van der Waals surface area contributed by atoms with E-state index >= 15 is 0 Å². The second kappa shape index (κ2) is 6.31. The molecule has 0 saturated carbocycles. The van der Waals surface area contributed by atoms with E-state index in [1.807, 2.05) is 24.3 Å². The van der Waals surface area contributed by atoms with Gasteiger partial charge in [-0.25, -0.2) is 4.39 Å². The molecule has 0 radical (unpaired) electrons. The van der Waals surface area contributed by atoms with Crippen LogP contribution in [0.5, 0.6) is 0 Å². The monoisotopic (exact) mass is 326 g/mol. The van der Waals surface area contributed by atoms with Crippen LogP contribution < -0.4 is 5.73 Å². The highest BCUT2D eigenvalue weighted by Gasteiger charge is 2.11. The maximum absolute atomic E-state index is 13.5. The van der Waals surface area contributed by atoms with Gasteiger partial charge in [0.25, 0.3) is 0 Å². The van der Waals surface area contributed by atoms with Crippen LogP contribution in [0.2, 0.25) is 0 Å². The molecule has 18 heavy (non-hydrogen) atoms. The third-order valence-corrected chi connectivity index (χ3v) is 4.11. The summed E-state index contributed by atoms with van der Waals surface area (Å²) in [5, 5.41) is 0. The molecule has 2 nitrogen and oxygen atoms in total. The molecular formula is C13H12BrFN2S. The van der Waals surface area contributed by atoms with Gasteiger partial charge in [0.05, 0.1) is 6.20 Å². The Bertz CT molecular complexity index is 519. The molecule has 1 aromatic carbocycles. The third-order valence-electron chi connectivity index (χ3n) is 2.45. The van der Waals surface area contributed by atoms with E-state index in [4.69, 9.17) is 5.73 Å². The van der Waals surface area contributed by atoms with Gasteiger partial charge in [0.15, 0.2) is 0 Å². The molecule has 2 rings (SSSR count). The first-order chi connectivity index (χ1) is 8.66. The number of halogens is 2. The largest absolute Gasteiger partial charge is 0.323 e. The molecule has 0 amide bonds. The van der Waals surface area contributed by atoms with Crippen molar-refractivity contribution in [3.63, 3.8) is 0 Å². The van der Waals surface area contributed by atoms with Gasteiger partial charge in [-0.15, -0.1) is 11.8 Å². The van der Waals surface area contributed by atoms with E-state index in [2.05, 4.69) is 20.9 Å². The zero-order valence-corrected chi connectivity index (χ0v) is 11.9. The lowest BCUT2D eigenvalue weighted by Crippen LogP contribution is -2.14. The van der Waals surface area contributed by atoms with Gasteiger partial charge in [-0.3, -0.25) is 4.98 Å². The molecule has 1 heterocycles. The number of aromatic nitrogens is 1. The van der Waals surface area contributed by atoms with E-state index in [1.165, 1.54) is 6.20 Å². The Balaban J connectivity index is 1.98. The molecule has 0 saturated heterocycles. The summed E-state index contributed by atoms with van der Waals surface area (Å²) >= 11 is 4.99. The molecule has 0 aliphatic carbocycles. The lowest BCUT2D eigenvalue weighted by atomic mass is 10.1. The molecule has 0 bridgehead atoms. The van der Waals surface area contributed by atoms with Crippen LogP contribution in [0, 0.1) is 5.82 Å². The zero-order valence-electron chi connectivity index (χ0n) is 9.51. The standard InChI is InChI=1S/C13H12BrFN2S/c14-9-1-3-10(4-2-9)18-8-13(16)11-5-6-17-7-12(11)15/h1-7,13H,8,16H2. The molecule has 0 fully saturated rings. The number of hydrogen-bond acceptors (Lipinski definition) is 3. The van der Waals surface area contributed by atoms with Gasteiger partial charge in [-0.1, -0.05) is 15.9 Å². The second-order valence-corrected chi connectivity index (χ2v) is 5.78. The van der Waals surface area contributed by atoms with Crippen molar-refractivity contribution in [2.24, 2.45) is 5.73 Å². The Morgan fingerprint density at radius 1 is 1.28 bits per heavy atom. The third kappa shape index (κ3) is 3.54. The number of nitrogens with zero attached hydrogens (tertiary/aromatic N) is 1. The van der Waals surface area contributed by atoms with Gasteiger partial charge in [-0.2, -0.15) is 0 Å². The molecule has 94 valence electrons. The number of benzene rings is 1. The smallest absolute Gasteiger partial charge is 0.146 e. The highest BCUT2D eigenvalue weighted by Crippen LogP contribution is 2.25. The predicted molar refractivity (Wildman–Crippen MR) is 76.0 cm³/mol. The van der Waals surface area contributed by atoms with Crippen LogP contribution in [0.4, 0.5) is 4.39 Å². The van der Waals surface area contributed by atoms with Crippen LogP contribution in [0.1, 0.15) is 11.6 Å².